The van der Waals surface area contributed by atoms with Crippen LogP contribution in [0.25, 0.3) is 0 Å². The van der Waals surface area contributed by atoms with Crippen LogP contribution in [0.15, 0.2) is 24.3 Å². The molecular weight excluding hydrogens is 234 g/mol. The predicted molar refractivity (Wildman–Crippen MR) is 75.0 cm³/mol. The fourth-order valence-corrected chi connectivity index (χ4v) is 4.15. The van der Waals surface area contributed by atoms with Crippen molar-refractivity contribution in [3.63, 3.8) is 0 Å². The Hall–Kier alpha value is -1.49. The van der Waals surface area contributed by atoms with E-state index in [4.69, 9.17) is 4.74 Å². The molecule has 1 aromatic rings. The molecule has 1 spiro atoms. The summed E-state index contributed by atoms with van der Waals surface area (Å²) in [7, 11) is 1.68. The molecule has 0 aliphatic heterocycles. The van der Waals surface area contributed by atoms with Crippen LogP contribution in [-0.2, 0) is 5.41 Å². The van der Waals surface area contributed by atoms with Crippen LogP contribution < -0.4 is 4.74 Å². The lowest BCUT2D eigenvalue weighted by molar-refractivity contribution is 0.0168. The van der Waals surface area contributed by atoms with Crippen LogP contribution in [0.1, 0.15) is 50.5 Å². The Labute approximate surface area is 115 Å². The maximum atomic E-state index is 9.68. The summed E-state index contributed by atoms with van der Waals surface area (Å²) < 4.78 is 5.29. The molecule has 0 N–H and O–H groups in total. The second-order valence-corrected chi connectivity index (χ2v) is 6.34. The minimum atomic E-state index is -0.258. The minimum absolute atomic E-state index is 0.258. The highest BCUT2D eigenvalue weighted by molar-refractivity contribution is 5.42. The van der Waals surface area contributed by atoms with Crippen LogP contribution in [0.5, 0.6) is 5.75 Å². The number of hydrogen-bond donors (Lipinski definition) is 0. The molecule has 19 heavy (non-hydrogen) atoms. The first-order valence-corrected chi connectivity index (χ1v) is 7.28. The fourth-order valence-electron chi connectivity index (χ4n) is 4.15. The minimum Gasteiger partial charge on any atom is -0.497 e. The van der Waals surface area contributed by atoms with Crippen LogP contribution >= 0.6 is 0 Å². The molecule has 2 heteroatoms. The first-order chi connectivity index (χ1) is 9.22. The Morgan fingerprint density at radius 3 is 2.53 bits per heavy atom. The molecule has 0 atom stereocenters. The average molecular weight is 255 g/mol. The molecule has 100 valence electrons. The van der Waals surface area contributed by atoms with Gasteiger partial charge in [0.25, 0.3) is 0 Å². The van der Waals surface area contributed by atoms with Crippen molar-refractivity contribution < 1.29 is 4.74 Å². The van der Waals surface area contributed by atoms with Crippen LogP contribution in [0.4, 0.5) is 0 Å². The van der Waals surface area contributed by atoms with Gasteiger partial charge in [-0.15, -0.1) is 0 Å². The molecule has 2 saturated carbocycles. The van der Waals surface area contributed by atoms with Gasteiger partial charge >= 0.3 is 0 Å². The number of benzene rings is 1. The molecular formula is C17H21NO. The highest BCUT2D eigenvalue weighted by Crippen LogP contribution is 2.61. The Morgan fingerprint density at radius 1 is 1.16 bits per heavy atom. The number of nitriles is 1. The summed E-state index contributed by atoms with van der Waals surface area (Å²) in [5, 5.41) is 9.68. The van der Waals surface area contributed by atoms with E-state index in [1.807, 2.05) is 18.2 Å². The molecule has 3 rings (SSSR count). The Morgan fingerprint density at radius 2 is 1.89 bits per heavy atom. The number of rotatable bonds is 2. The van der Waals surface area contributed by atoms with Crippen LogP contribution in [-0.4, -0.2) is 7.11 Å². The topological polar surface area (TPSA) is 33.0 Å². The maximum absolute atomic E-state index is 9.68. The van der Waals surface area contributed by atoms with Gasteiger partial charge in [0.05, 0.1) is 18.6 Å². The van der Waals surface area contributed by atoms with E-state index in [0.717, 1.165) is 24.2 Å². The molecule has 2 aliphatic rings. The van der Waals surface area contributed by atoms with Gasteiger partial charge in [-0.1, -0.05) is 31.4 Å². The molecule has 1 aromatic carbocycles. The highest BCUT2D eigenvalue weighted by Gasteiger charge is 2.55. The standard InChI is InChI=1S/C17H21NO/c1-19-15-7-5-6-14(10-15)17(13-18)11-16(12-17)8-3-2-4-9-16/h5-7,10H,2-4,8-9,11-12H2,1H3. The molecule has 2 nitrogen and oxygen atoms in total. The zero-order valence-corrected chi connectivity index (χ0v) is 11.6. The highest BCUT2D eigenvalue weighted by atomic mass is 16.5. The number of nitrogens with zero attached hydrogens (tertiary/aromatic N) is 1. The zero-order chi connectivity index (χ0) is 13.3. The van der Waals surface area contributed by atoms with Gasteiger partial charge in [0.1, 0.15) is 5.75 Å². The third-order valence-corrected chi connectivity index (χ3v) is 5.10. The third kappa shape index (κ3) is 2.02. The molecule has 0 aromatic heterocycles. The van der Waals surface area contributed by atoms with Crippen molar-refractivity contribution in [1.82, 2.24) is 0 Å². The Balaban J connectivity index is 1.84. The van der Waals surface area contributed by atoms with Gasteiger partial charge in [0.15, 0.2) is 0 Å². The first kappa shape index (κ1) is 12.5. The molecule has 0 radical (unpaired) electrons. The van der Waals surface area contributed by atoms with E-state index in [1.54, 1.807) is 7.11 Å². The van der Waals surface area contributed by atoms with Crippen molar-refractivity contribution in [2.24, 2.45) is 5.41 Å². The lowest BCUT2D eigenvalue weighted by Crippen LogP contribution is -2.49. The summed E-state index contributed by atoms with van der Waals surface area (Å²) in [4.78, 5) is 0. The number of ether oxygens (including phenoxy) is 1. The lowest BCUT2D eigenvalue weighted by Gasteiger charge is -2.55. The van der Waals surface area contributed by atoms with E-state index in [-0.39, 0.29) is 5.41 Å². The van der Waals surface area contributed by atoms with Crippen molar-refractivity contribution in [2.75, 3.05) is 7.11 Å². The predicted octanol–water partition coefficient (Wildman–Crippen LogP) is 4.20. The molecule has 0 amide bonds. The second kappa shape index (κ2) is 4.56. The number of hydrogen-bond acceptors (Lipinski definition) is 2. The first-order valence-electron chi connectivity index (χ1n) is 7.28. The molecule has 0 saturated heterocycles. The summed E-state index contributed by atoms with van der Waals surface area (Å²) >= 11 is 0. The van der Waals surface area contributed by atoms with Crippen LogP contribution in [0, 0.1) is 16.7 Å². The average Bonchev–Trinajstić information content (AvgIpc) is 2.45. The van der Waals surface area contributed by atoms with E-state index >= 15 is 0 Å². The fraction of sp³-hybridized carbons (Fsp3) is 0.588. The molecule has 0 unspecified atom stereocenters. The summed E-state index contributed by atoms with van der Waals surface area (Å²) in [5.74, 6) is 0.858. The van der Waals surface area contributed by atoms with Crippen LogP contribution in [0.3, 0.4) is 0 Å². The van der Waals surface area contributed by atoms with Gasteiger partial charge in [0, 0.05) is 0 Å². The largest absolute Gasteiger partial charge is 0.497 e. The van der Waals surface area contributed by atoms with Gasteiger partial charge in [-0.2, -0.15) is 5.26 Å². The van der Waals surface area contributed by atoms with Gasteiger partial charge in [0.2, 0.25) is 0 Å². The number of methoxy groups -OCH3 is 1. The summed E-state index contributed by atoms with van der Waals surface area (Å²) in [5.41, 5.74) is 1.36. The van der Waals surface area contributed by atoms with Gasteiger partial charge in [-0.05, 0) is 48.8 Å². The Kier molecular flexibility index (Phi) is 3.01. The van der Waals surface area contributed by atoms with Crippen molar-refractivity contribution >= 4 is 0 Å². The lowest BCUT2D eigenvalue weighted by atomic mass is 9.47. The van der Waals surface area contributed by atoms with Crippen molar-refractivity contribution in [3.8, 4) is 11.8 Å². The second-order valence-electron chi connectivity index (χ2n) is 6.34. The monoisotopic (exact) mass is 255 g/mol. The van der Waals surface area contributed by atoms with E-state index < -0.39 is 0 Å². The SMILES string of the molecule is COc1cccc(C2(C#N)CC3(CCCCC3)C2)c1. The van der Waals surface area contributed by atoms with Crippen molar-refractivity contribution in [2.45, 2.75) is 50.4 Å². The normalized spacial score (nSPS) is 23.4. The van der Waals surface area contributed by atoms with Crippen molar-refractivity contribution in [3.05, 3.63) is 29.8 Å². The van der Waals surface area contributed by atoms with E-state index in [1.165, 1.54) is 32.1 Å². The quantitative estimate of drug-likeness (QED) is 0.793. The van der Waals surface area contributed by atoms with E-state index in [9.17, 15) is 5.26 Å². The van der Waals surface area contributed by atoms with Gasteiger partial charge in [-0.3, -0.25) is 0 Å². The van der Waals surface area contributed by atoms with Crippen LogP contribution in [0.2, 0.25) is 0 Å². The maximum Gasteiger partial charge on any atom is 0.119 e. The third-order valence-electron chi connectivity index (χ3n) is 5.10. The van der Waals surface area contributed by atoms with Crippen molar-refractivity contribution in [1.29, 1.82) is 5.26 Å². The summed E-state index contributed by atoms with van der Waals surface area (Å²) in [6.07, 6.45) is 8.80. The molecule has 2 aliphatic carbocycles. The van der Waals surface area contributed by atoms with Gasteiger partial charge in [-0.25, -0.2) is 0 Å². The van der Waals surface area contributed by atoms with Gasteiger partial charge < -0.3 is 4.74 Å². The van der Waals surface area contributed by atoms with E-state index in [0.29, 0.717) is 5.41 Å². The zero-order valence-electron chi connectivity index (χ0n) is 11.6. The molecule has 0 bridgehead atoms. The summed E-state index contributed by atoms with van der Waals surface area (Å²) in [6.45, 7) is 0. The van der Waals surface area contributed by atoms with E-state index in [2.05, 4.69) is 12.1 Å². The molecule has 0 heterocycles. The molecule has 2 fully saturated rings. The smallest absolute Gasteiger partial charge is 0.119 e. The Bertz CT molecular complexity index is 500. The summed E-state index contributed by atoms with van der Waals surface area (Å²) in [6, 6.07) is 10.7.